The van der Waals surface area contributed by atoms with Gasteiger partial charge in [-0.05, 0) is 28.4 Å². The molecule has 0 aromatic heterocycles. The van der Waals surface area contributed by atoms with Crippen LogP contribution in [0.15, 0.2) is 40.5 Å². The SMILES string of the molecule is COC(=O)N1C=C(/C=[N+](/[O-])c2ccccc2Br)CC1. The van der Waals surface area contributed by atoms with Gasteiger partial charge in [0.25, 0.3) is 0 Å². The van der Waals surface area contributed by atoms with Crippen molar-refractivity contribution in [3.8, 4) is 0 Å². The van der Waals surface area contributed by atoms with Crippen LogP contribution in [-0.2, 0) is 4.74 Å². The quantitative estimate of drug-likeness (QED) is 0.363. The molecule has 0 unspecified atom stereocenters. The summed E-state index contributed by atoms with van der Waals surface area (Å²) in [5.41, 5.74) is 1.32. The first-order valence-corrected chi connectivity index (χ1v) is 6.52. The van der Waals surface area contributed by atoms with Crippen molar-refractivity contribution in [3.63, 3.8) is 0 Å². The van der Waals surface area contributed by atoms with Gasteiger partial charge in [0, 0.05) is 24.4 Å². The highest BCUT2D eigenvalue weighted by atomic mass is 79.9. The van der Waals surface area contributed by atoms with Crippen LogP contribution in [0.4, 0.5) is 10.5 Å². The van der Waals surface area contributed by atoms with Crippen molar-refractivity contribution in [2.24, 2.45) is 0 Å². The van der Waals surface area contributed by atoms with Gasteiger partial charge in [-0.3, -0.25) is 4.90 Å². The first-order valence-electron chi connectivity index (χ1n) is 5.73. The first-order chi connectivity index (χ1) is 9.11. The molecule has 0 saturated heterocycles. The van der Waals surface area contributed by atoms with Gasteiger partial charge in [-0.1, -0.05) is 12.1 Å². The molecule has 1 aliphatic rings. The topological polar surface area (TPSA) is 55.6 Å². The molecule has 0 spiro atoms. The lowest BCUT2D eigenvalue weighted by molar-refractivity contribution is -0.355. The Hall–Kier alpha value is -1.82. The van der Waals surface area contributed by atoms with Gasteiger partial charge in [0.05, 0.1) is 11.6 Å². The highest BCUT2D eigenvalue weighted by molar-refractivity contribution is 9.10. The number of methoxy groups -OCH3 is 1. The third kappa shape index (κ3) is 3.14. The van der Waals surface area contributed by atoms with Gasteiger partial charge in [-0.15, -0.1) is 0 Å². The maximum atomic E-state index is 12.0. The smallest absolute Gasteiger partial charge is 0.413 e. The fourth-order valence-electron chi connectivity index (χ4n) is 1.79. The molecule has 100 valence electrons. The predicted octanol–water partition coefficient (Wildman–Crippen LogP) is 3.02. The Morgan fingerprint density at radius 3 is 2.95 bits per heavy atom. The van der Waals surface area contributed by atoms with Crippen LogP contribution in [0.1, 0.15) is 6.42 Å². The maximum Gasteiger partial charge on any atom is 0.413 e. The number of ether oxygens (including phenoxy) is 1. The maximum absolute atomic E-state index is 12.0. The molecule has 1 heterocycles. The molecule has 1 aromatic carbocycles. The molecular formula is C13H13BrN2O3. The number of amides is 1. The van der Waals surface area contributed by atoms with Gasteiger partial charge >= 0.3 is 6.09 Å². The Morgan fingerprint density at radius 2 is 2.26 bits per heavy atom. The van der Waals surface area contributed by atoms with Crippen LogP contribution in [0.5, 0.6) is 0 Å². The summed E-state index contributed by atoms with van der Waals surface area (Å²) in [6, 6.07) is 7.16. The zero-order valence-electron chi connectivity index (χ0n) is 10.4. The minimum atomic E-state index is -0.415. The minimum Gasteiger partial charge on any atom is -0.618 e. The Morgan fingerprint density at radius 1 is 1.53 bits per heavy atom. The fourth-order valence-corrected chi connectivity index (χ4v) is 2.25. The van der Waals surface area contributed by atoms with Crippen molar-refractivity contribution < 1.29 is 14.3 Å². The molecule has 0 aliphatic carbocycles. The zero-order chi connectivity index (χ0) is 13.8. The second-order valence-corrected chi connectivity index (χ2v) is 4.88. The Kier molecular flexibility index (Phi) is 4.21. The third-order valence-electron chi connectivity index (χ3n) is 2.75. The van der Waals surface area contributed by atoms with Crippen LogP contribution in [-0.4, -0.2) is 35.6 Å². The molecule has 0 N–H and O–H groups in total. The average molecular weight is 325 g/mol. The molecule has 0 bridgehead atoms. The summed E-state index contributed by atoms with van der Waals surface area (Å²) in [5, 5.41) is 12.0. The van der Waals surface area contributed by atoms with Crippen molar-refractivity contribution in [1.29, 1.82) is 0 Å². The molecular weight excluding hydrogens is 312 g/mol. The molecule has 0 atom stereocenters. The van der Waals surface area contributed by atoms with E-state index in [1.54, 1.807) is 24.4 Å². The van der Waals surface area contributed by atoms with E-state index >= 15 is 0 Å². The van der Waals surface area contributed by atoms with Crippen LogP contribution >= 0.6 is 15.9 Å². The van der Waals surface area contributed by atoms with Gasteiger partial charge in [0.1, 0.15) is 0 Å². The summed E-state index contributed by atoms with van der Waals surface area (Å²) in [7, 11) is 1.33. The number of hydrogen-bond donors (Lipinski definition) is 0. The number of benzene rings is 1. The van der Waals surface area contributed by atoms with Crippen LogP contribution in [0, 0.1) is 5.21 Å². The van der Waals surface area contributed by atoms with E-state index in [4.69, 9.17) is 0 Å². The molecule has 1 aromatic rings. The monoisotopic (exact) mass is 324 g/mol. The van der Waals surface area contributed by atoms with Gasteiger partial charge in [0.15, 0.2) is 6.21 Å². The second kappa shape index (κ2) is 5.88. The summed E-state index contributed by atoms with van der Waals surface area (Å²) in [4.78, 5) is 12.8. The van der Waals surface area contributed by atoms with E-state index < -0.39 is 6.09 Å². The lowest BCUT2D eigenvalue weighted by Crippen LogP contribution is -2.22. The molecule has 0 saturated carbocycles. The van der Waals surface area contributed by atoms with E-state index in [-0.39, 0.29) is 0 Å². The summed E-state index contributed by atoms with van der Waals surface area (Å²) < 4.78 is 6.14. The molecule has 0 radical (unpaired) electrons. The molecule has 2 rings (SSSR count). The van der Waals surface area contributed by atoms with Crippen molar-refractivity contribution in [1.82, 2.24) is 4.90 Å². The largest absolute Gasteiger partial charge is 0.618 e. The minimum absolute atomic E-state index is 0.415. The standard InChI is InChI=1S/C13H13BrN2O3/c1-19-13(17)15-7-6-10(8-15)9-16(18)12-5-3-2-4-11(12)14/h2-5,8-9H,6-7H2,1H3/b16-9+. The second-order valence-electron chi connectivity index (χ2n) is 4.02. The summed E-state index contributed by atoms with van der Waals surface area (Å²) in [6.45, 7) is 0.530. The van der Waals surface area contributed by atoms with E-state index in [9.17, 15) is 10.0 Å². The molecule has 6 heteroatoms. The summed E-state index contributed by atoms with van der Waals surface area (Å²) >= 11 is 3.33. The highest BCUT2D eigenvalue weighted by Gasteiger charge is 2.20. The predicted molar refractivity (Wildman–Crippen MR) is 75.3 cm³/mol. The third-order valence-corrected chi connectivity index (χ3v) is 3.42. The van der Waals surface area contributed by atoms with E-state index in [0.29, 0.717) is 18.7 Å². The van der Waals surface area contributed by atoms with Gasteiger partial charge in [0.2, 0.25) is 5.69 Å². The first kappa shape index (κ1) is 13.6. The van der Waals surface area contributed by atoms with Gasteiger partial charge in [-0.2, -0.15) is 4.74 Å². The molecule has 0 fully saturated rings. The number of carbonyl (C=O) groups excluding carboxylic acids is 1. The number of hydrogen-bond acceptors (Lipinski definition) is 3. The molecule has 1 amide bonds. The van der Waals surface area contributed by atoms with Crippen LogP contribution < -0.4 is 0 Å². The fraction of sp³-hybridized carbons (Fsp3) is 0.231. The van der Waals surface area contributed by atoms with Crippen molar-refractivity contribution >= 4 is 33.9 Å². The van der Waals surface area contributed by atoms with Crippen molar-refractivity contribution in [2.45, 2.75) is 6.42 Å². The number of carbonyl (C=O) groups is 1. The number of halogens is 1. The van der Waals surface area contributed by atoms with Crippen LogP contribution in [0.2, 0.25) is 0 Å². The molecule has 19 heavy (non-hydrogen) atoms. The molecule has 1 aliphatic heterocycles. The Balaban J connectivity index is 2.19. The average Bonchev–Trinajstić information content (AvgIpc) is 2.86. The zero-order valence-corrected chi connectivity index (χ0v) is 12.0. The summed E-state index contributed by atoms with van der Waals surface area (Å²) in [6.07, 6.45) is 3.33. The highest BCUT2D eigenvalue weighted by Crippen LogP contribution is 2.24. The van der Waals surface area contributed by atoms with Crippen molar-refractivity contribution in [2.75, 3.05) is 13.7 Å². The van der Waals surface area contributed by atoms with Gasteiger partial charge < -0.3 is 9.94 Å². The lowest BCUT2D eigenvalue weighted by Gasteiger charge is -2.09. The normalized spacial score (nSPS) is 15.4. The number of nitrogens with zero attached hydrogens (tertiary/aromatic N) is 2. The number of rotatable bonds is 2. The van der Waals surface area contributed by atoms with E-state index in [1.807, 2.05) is 6.07 Å². The van der Waals surface area contributed by atoms with Crippen LogP contribution in [0.25, 0.3) is 0 Å². The van der Waals surface area contributed by atoms with E-state index in [2.05, 4.69) is 20.7 Å². The van der Waals surface area contributed by atoms with E-state index in [1.165, 1.54) is 18.2 Å². The Bertz CT molecular complexity index is 555. The molecule has 5 nitrogen and oxygen atoms in total. The lowest BCUT2D eigenvalue weighted by atomic mass is 10.2. The van der Waals surface area contributed by atoms with Crippen molar-refractivity contribution in [3.05, 3.63) is 45.7 Å². The number of para-hydroxylation sites is 1. The Labute approximate surface area is 119 Å². The van der Waals surface area contributed by atoms with Crippen LogP contribution in [0.3, 0.4) is 0 Å². The summed E-state index contributed by atoms with van der Waals surface area (Å²) in [5.74, 6) is 0. The van der Waals surface area contributed by atoms with Gasteiger partial charge in [-0.25, -0.2) is 4.79 Å². The van der Waals surface area contributed by atoms with E-state index in [0.717, 1.165) is 14.8 Å².